The van der Waals surface area contributed by atoms with Gasteiger partial charge in [0.15, 0.2) is 0 Å². The molecule has 0 bridgehead atoms. The summed E-state index contributed by atoms with van der Waals surface area (Å²) < 4.78 is 52.9. The van der Waals surface area contributed by atoms with Crippen LogP contribution in [0.5, 0.6) is 0 Å². The molecule has 70 heavy (non-hydrogen) atoms. The van der Waals surface area contributed by atoms with Gasteiger partial charge in [0.1, 0.15) is 30.8 Å². The molecular weight excluding hydrogens is 921 g/mol. The van der Waals surface area contributed by atoms with E-state index in [0.717, 1.165) is 40.8 Å². The van der Waals surface area contributed by atoms with Crippen LogP contribution in [0.4, 0.5) is 8.78 Å². The van der Waals surface area contributed by atoms with Gasteiger partial charge in [-0.15, -0.1) is 0 Å². The Morgan fingerprint density at radius 3 is 2.03 bits per heavy atom. The van der Waals surface area contributed by atoms with Crippen molar-refractivity contribution in [1.29, 1.82) is 0 Å². The van der Waals surface area contributed by atoms with Crippen molar-refractivity contribution < 1.29 is 71.5 Å². The fourth-order valence-electron chi connectivity index (χ4n) is 7.27. The van der Waals surface area contributed by atoms with E-state index in [2.05, 4.69) is 16.0 Å². The molecule has 2 heterocycles. The molecule has 7 N–H and O–H groups in total. The van der Waals surface area contributed by atoms with E-state index in [1.165, 1.54) is 4.90 Å². The van der Waals surface area contributed by atoms with Gasteiger partial charge in [-0.3, -0.25) is 33.7 Å². The lowest BCUT2D eigenvalue weighted by Crippen LogP contribution is -2.53. The van der Waals surface area contributed by atoms with Crippen molar-refractivity contribution in [3.63, 3.8) is 0 Å². The number of aliphatic carboxylic acids is 1. The molecular formula is C48H63F2N7O13. The maximum atomic E-state index is 15.1. The molecule has 382 valence electrons. The quantitative estimate of drug-likeness (QED) is 0.0392. The summed E-state index contributed by atoms with van der Waals surface area (Å²) in [5.74, 6) is -6.39. The molecule has 20 nitrogen and oxygen atoms in total. The number of nitrogens with zero attached hydrogens (tertiary/aromatic N) is 3. The number of nitrogens with one attached hydrogen (secondary N) is 3. The molecule has 6 amide bonds. The highest BCUT2D eigenvalue weighted by Gasteiger charge is 2.38. The normalized spacial score (nSPS) is 13.8. The summed E-state index contributed by atoms with van der Waals surface area (Å²) in [6.07, 6.45) is 3.59. The fraction of sp³-hybridized carbons (Fsp3) is 0.479. The van der Waals surface area contributed by atoms with E-state index in [1.807, 2.05) is 55.7 Å². The maximum Gasteiger partial charge on any atom is 0.328 e. The Labute approximate surface area is 404 Å². The van der Waals surface area contributed by atoms with Crippen LogP contribution in [0.2, 0.25) is 0 Å². The summed E-state index contributed by atoms with van der Waals surface area (Å²) in [5, 5.41) is 27.3. The van der Waals surface area contributed by atoms with Gasteiger partial charge in [0.2, 0.25) is 23.6 Å². The van der Waals surface area contributed by atoms with Crippen LogP contribution in [0.25, 0.3) is 11.1 Å². The zero-order valence-corrected chi connectivity index (χ0v) is 39.5. The SMILES string of the molecule is CC(C)(C)[C@H](c1cc(-c2cc(F)ccc2F)cn1Cc1ccccc1)N(CC[C@H](N)C(=O)N[C@H](CNC(=O)CCOCCOCCOCCOCCNC(=O)CN1C(=O)C=CC1=O)C(=O)O)C(=O)CO. The molecule has 1 aromatic heterocycles. The molecule has 0 unspecified atom stereocenters. The van der Waals surface area contributed by atoms with Crippen LogP contribution in [-0.2, 0) is 59.1 Å². The molecule has 3 atom stereocenters. The number of carboxylic acid groups (broad SMARTS) is 1. The Morgan fingerprint density at radius 2 is 1.43 bits per heavy atom. The minimum absolute atomic E-state index is 0.00275. The van der Waals surface area contributed by atoms with Crippen molar-refractivity contribution in [2.24, 2.45) is 11.1 Å². The van der Waals surface area contributed by atoms with E-state index in [-0.39, 0.29) is 90.9 Å². The highest BCUT2D eigenvalue weighted by molar-refractivity contribution is 6.14. The third-order valence-electron chi connectivity index (χ3n) is 10.7. The zero-order valence-electron chi connectivity index (χ0n) is 39.5. The van der Waals surface area contributed by atoms with Crippen molar-refractivity contribution in [2.75, 3.05) is 85.6 Å². The van der Waals surface area contributed by atoms with Gasteiger partial charge in [0.25, 0.3) is 11.8 Å². The molecule has 22 heteroatoms. The predicted molar refractivity (Wildman–Crippen MR) is 248 cm³/mol. The molecule has 0 saturated heterocycles. The van der Waals surface area contributed by atoms with Crippen molar-refractivity contribution in [3.8, 4) is 11.1 Å². The number of carbonyl (C=O) groups excluding carboxylic acids is 6. The summed E-state index contributed by atoms with van der Waals surface area (Å²) in [6, 6.07) is 10.5. The fourth-order valence-corrected chi connectivity index (χ4v) is 7.27. The minimum atomic E-state index is -1.55. The van der Waals surface area contributed by atoms with Crippen LogP contribution in [0.3, 0.4) is 0 Å². The number of imide groups is 1. The lowest BCUT2D eigenvalue weighted by Gasteiger charge is -2.41. The van der Waals surface area contributed by atoms with Gasteiger partial charge < -0.3 is 60.3 Å². The van der Waals surface area contributed by atoms with Crippen LogP contribution < -0.4 is 21.7 Å². The summed E-state index contributed by atoms with van der Waals surface area (Å²) >= 11 is 0. The van der Waals surface area contributed by atoms with E-state index in [4.69, 9.17) is 24.7 Å². The maximum absolute atomic E-state index is 15.1. The summed E-state index contributed by atoms with van der Waals surface area (Å²) in [4.78, 5) is 88.4. The number of hydrogen-bond donors (Lipinski definition) is 6. The van der Waals surface area contributed by atoms with E-state index >= 15 is 4.39 Å². The number of benzene rings is 2. The summed E-state index contributed by atoms with van der Waals surface area (Å²) in [7, 11) is 0. The average molecular weight is 984 g/mol. The number of halogens is 2. The average Bonchev–Trinajstić information content (AvgIpc) is 3.87. The van der Waals surface area contributed by atoms with Crippen molar-refractivity contribution in [3.05, 3.63) is 95.8 Å². The number of nitrogens with two attached hydrogens (primary N) is 1. The molecule has 0 saturated carbocycles. The summed E-state index contributed by atoms with van der Waals surface area (Å²) in [5.41, 5.74) is 7.29. The standard InChI is InChI=1S/C48H63F2N7O13/c1-48(2,3)45(39-25-33(35-26-34(49)9-10-36(35)50)29-55(39)28-32-7-5-4-6-8-32)56(44(63)31-58)16-13-37(51)46(64)54-38(47(65)66)27-53-40(59)14-17-67-19-21-69-23-24-70-22-20-68-18-15-52-41(60)30-57-42(61)11-12-43(57)62/h4-12,25-26,29,37-38,45,58H,13-24,27-28,30-31,51H2,1-3H3,(H,52,60)(H,53,59)(H,54,64)(H,65,66)/t37-,38+,45-/m0/s1. The van der Waals surface area contributed by atoms with E-state index in [9.17, 15) is 48.2 Å². The van der Waals surface area contributed by atoms with Crippen molar-refractivity contribution in [1.82, 2.24) is 30.3 Å². The highest BCUT2D eigenvalue weighted by atomic mass is 19.1. The molecule has 2 aromatic carbocycles. The minimum Gasteiger partial charge on any atom is -0.480 e. The number of rotatable bonds is 31. The van der Waals surface area contributed by atoms with Crippen LogP contribution >= 0.6 is 0 Å². The van der Waals surface area contributed by atoms with Crippen LogP contribution in [0.15, 0.2) is 72.9 Å². The Hall–Kier alpha value is -6.43. The van der Waals surface area contributed by atoms with Gasteiger partial charge in [-0.05, 0) is 41.7 Å². The Bertz CT molecular complexity index is 2250. The first-order chi connectivity index (χ1) is 33.4. The number of amides is 6. The Kier molecular flexibility index (Phi) is 22.7. The second-order valence-electron chi connectivity index (χ2n) is 17.1. The van der Waals surface area contributed by atoms with Gasteiger partial charge in [-0.25, -0.2) is 13.6 Å². The third-order valence-corrected chi connectivity index (χ3v) is 10.7. The molecule has 1 aliphatic rings. The van der Waals surface area contributed by atoms with Gasteiger partial charge in [-0.2, -0.15) is 0 Å². The molecule has 1 aliphatic heterocycles. The second-order valence-corrected chi connectivity index (χ2v) is 17.1. The van der Waals surface area contributed by atoms with Crippen LogP contribution in [0, 0.1) is 17.0 Å². The number of aliphatic hydroxyl groups is 1. The van der Waals surface area contributed by atoms with Crippen molar-refractivity contribution in [2.45, 2.75) is 58.3 Å². The van der Waals surface area contributed by atoms with E-state index in [1.54, 1.807) is 12.3 Å². The van der Waals surface area contributed by atoms with Crippen LogP contribution in [-0.4, -0.2) is 164 Å². The molecule has 4 rings (SSSR count). The highest BCUT2D eigenvalue weighted by Crippen LogP contribution is 2.41. The number of carboxylic acids is 1. The molecule has 0 aliphatic carbocycles. The molecule has 0 radical (unpaired) electrons. The van der Waals surface area contributed by atoms with Crippen LogP contribution in [0.1, 0.15) is 50.9 Å². The first-order valence-corrected chi connectivity index (χ1v) is 22.7. The monoisotopic (exact) mass is 983 g/mol. The molecule has 0 fully saturated rings. The first-order valence-electron chi connectivity index (χ1n) is 22.7. The topological polar surface area (TPSA) is 270 Å². The van der Waals surface area contributed by atoms with Gasteiger partial charge in [-0.1, -0.05) is 51.1 Å². The molecule has 0 spiro atoms. The Balaban J connectivity index is 1.17. The van der Waals surface area contributed by atoms with Gasteiger partial charge in [0, 0.05) is 67.8 Å². The predicted octanol–water partition coefficient (Wildman–Crippen LogP) is 1.29. The number of aliphatic hydroxyl groups excluding tert-OH is 1. The number of ether oxygens (including phenoxy) is 4. The van der Waals surface area contributed by atoms with Crippen molar-refractivity contribution >= 4 is 41.4 Å². The van der Waals surface area contributed by atoms with E-state index < -0.39 is 89.7 Å². The second kappa shape index (κ2) is 28.3. The zero-order chi connectivity index (χ0) is 51.2. The largest absolute Gasteiger partial charge is 0.480 e. The lowest BCUT2D eigenvalue weighted by molar-refractivity contribution is -0.142. The number of carbonyl (C=O) groups is 7. The number of aromatic nitrogens is 1. The third kappa shape index (κ3) is 18.1. The van der Waals surface area contributed by atoms with Gasteiger partial charge in [0.05, 0.1) is 64.9 Å². The smallest absolute Gasteiger partial charge is 0.328 e. The number of hydrogen-bond acceptors (Lipinski definition) is 13. The van der Waals surface area contributed by atoms with Gasteiger partial charge >= 0.3 is 5.97 Å². The summed E-state index contributed by atoms with van der Waals surface area (Å²) in [6.45, 7) is 5.84. The van der Waals surface area contributed by atoms with E-state index in [0.29, 0.717) is 17.8 Å². The Morgan fingerprint density at radius 1 is 0.814 bits per heavy atom. The first kappa shape index (κ1) is 56.2. The lowest BCUT2D eigenvalue weighted by atomic mass is 9.82. The molecule has 3 aromatic rings.